The van der Waals surface area contributed by atoms with E-state index in [1.54, 1.807) is 27.7 Å². The lowest BCUT2D eigenvalue weighted by Gasteiger charge is -2.34. The molecule has 2 aromatic carbocycles. The third kappa shape index (κ3) is 12.4. The lowest BCUT2D eigenvalue weighted by molar-refractivity contribution is -0.132. The summed E-state index contributed by atoms with van der Waals surface area (Å²) in [5.74, 6) is -1.32. The molecule has 3 rings (SSSR count). The minimum absolute atomic E-state index is 0.0591. The van der Waals surface area contributed by atoms with Gasteiger partial charge in [-0.1, -0.05) is 95.3 Å². The molecule has 4 unspecified atom stereocenters. The molecule has 3 amide bonds. The molecule has 1 heterocycles. The molecule has 0 fully saturated rings. The standard InChI is InChI=1S/C35H50N4O9S/c1-7-46-34(43)36-20-29(41)38-32(35(4,5)6)33(42)37-27(18-25-14-10-8-11-15-25)28(40)22-39(21-24(2)3)49(44,45)31-23-47-30(48-31)19-26-16-12-9-13-17-26/h8-17,23-24,27-28,30,32,40H,7,18-22H2,1-6H3,(H,36,43)(H,37,42)(H,38,41). The molecule has 14 heteroatoms. The number of nitrogens with zero attached hydrogens (tertiary/aromatic N) is 1. The molecule has 0 saturated heterocycles. The summed E-state index contributed by atoms with van der Waals surface area (Å²) >= 11 is 0. The van der Waals surface area contributed by atoms with Gasteiger partial charge in [0.25, 0.3) is 15.1 Å². The molecule has 0 aromatic heterocycles. The van der Waals surface area contributed by atoms with Crippen LogP contribution in [0.2, 0.25) is 0 Å². The minimum Gasteiger partial charge on any atom is -0.457 e. The second-order valence-corrected chi connectivity index (χ2v) is 15.2. The molecule has 270 valence electrons. The summed E-state index contributed by atoms with van der Waals surface area (Å²) in [7, 11) is -4.25. The molecule has 0 saturated carbocycles. The first-order valence-electron chi connectivity index (χ1n) is 16.4. The first-order chi connectivity index (χ1) is 23.1. The van der Waals surface area contributed by atoms with Crippen molar-refractivity contribution in [1.29, 1.82) is 0 Å². The summed E-state index contributed by atoms with van der Waals surface area (Å²) in [6.07, 6.45) is -1.39. The van der Waals surface area contributed by atoms with Gasteiger partial charge < -0.3 is 35.3 Å². The van der Waals surface area contributed by atoms with Crippen LogP contribution < -0.4 is 16.0 Å². The normalized spacial score (nSPS) is 16.5. The number of hydrogen-bond donors (Lipinski definition) is 4. The fraction of sp³-hybridized carbons (Fsp3) is 0.514. The number of rotatable bonds is 17. The quantitative estimate of drug-likeness (QED) is 0.193. The first kappa shape index (κ1) is 39.3. The number of carbonyl (C=O) groups excluding carboxylic acids is 3. The van der Waals surface area contributed by atoms with Gasteiger partial charge in [0, 0.05) is 19.5 Å². The highest BCUT2D eigenvalue weighted by molar-refractivity contribution is 7.92. The molecule has 0 radical (unpaired) electrons. The van der Waals surface area contributed by atoms with Gasteiger partial charge in [0.2, 0.25) is 18.1 Å². The van der Waals surface area contributed by atoms with E-state index in [9.17, 15) is 27.9 Å². The number of amides is 3. The Balaban J connectivity index is 1.80. The van der Waals surface area contributed by atoms with Gasteiger partial charge in [-0.2, -0.15) is 4.31 Å². The van der Waals surface area contributed by atoms with Crippen molar-refractivity contribution in [3.8, 4) is 0 Å². The molecular weight excluding hydrogens is 652 g/mol. The third-order valence-corrected chi connectivity index (χ3v) is 9.23. The van der Waals surface area contributed by atoms with Crippen molar-refractivity contribution in [2.75, 3.05) is 26.2 Å². The molecule has 13 nitrogen and oxygen atoms in total. The number of aliphatic hydroxyl groups excluding tert-OH is 1. The maximum absolute atomic E-state index is 13.9. The van der Waals surface area contributed by atoms with Gasteiger partial charge >= 0.3 is 6.09 Å². The van der Waals surface area contributed by atoms with Gasteiger partial charge in [0.1, 0.15) is 18.8 Å². The zero-order chi connectivity index (χ0) is 36.2. The van der Waals surface area contributed by atoms with E-state index < -0.39 is 64.4 Å². The van der Waals surface area contributed by atoms with E-state index >= 15 is 0 Å². The number of aliphatic hydroxyl groups is 1. The number of carbonyl (C=O) groups is 3. The molecule has 49 heavy (non-hydrogen) atoms. The second-order valence-electron chi connectivity index (χ2n) is 13.3. The average Bonchev–Trinajstić information content (AvgIpc) is 3.51. The minimum atomic E-state index is -4.25. The topological polar surface area (TPSA) is 173 Å². The van der Waals surface area contributed by atoms with Crippen molar-refractivity contribution in [3.63, 3.8) is 0 Å². The summed E-state index contributed by atoms with van der Waals surface area (Å²) in [5.41, 5.74) is 0.925. The van der Waals surface area contributed by atoms with Crippen LogP contribution in [-0.2, 0) is 46.7 Å². The molecule has 0 bridgehead atoms. The number of alkyl carbamates (subject to hydrolysis) is 1. The van der Waals surface area contributed by atoms with Crippen molar-refractivity contribution in [2.24, 2.45) is 11.3 Å². The Morgan fingerprint density at radius 3 is 2.14 bits per heavy atom. The maximum atomic E-state index is 13.9. The highest BCUT2D eigenvalue weighted by atomic mass is 32.2. The highest BCUT2D eigenvalue weighted by Gasteiger charge is 2.39. The van der Waals surface area contributed by atoms with Gasteiger partial charge in [-0.15, -0.1) is 0 Å². The molecule has 0 spiro atoms. The van der Waals surface area contributed by atoms with Crippen LogP contribution in [0.1, 0.15) is 52.7 Å². The van der Waals surface area contributed by atoms with Crippen molar-refractivity contribution in [1.82, 2.24) is 20.3 Å². The van der Waals surface area contributed by atoms with E-state index in [4.69, 9.17) is 14.2 Å². The Bertz CT molecular complexity index is 1510. The zero-order valence-corrected chi connectivity index (χ0v) is 29.9. The van der Waals surface area contributed by atoms with Crippen molar-refractivity contribution in [3.05, 3.63) is 83.1 Å². The molecule has 2 aromatic rings. The number of benzene rings is 2. The van der Waals surface area contributed by atoms with Gasteiger partial charge in [-0.05, 0) is 35.8 Å². The summed E-state index contributed by atoms with van der Waals surface area (Å²) in [6.45, 7) is 10.0. The fourth-order valence-corrected chi connectivity index (χ4v) is 6.62. The summed E-state index contributed by atoms with van der Waals surface area (Å²) in [6, 6.07) is 16.5. The van der Waals surface area contributed by atoms with Crippen LogP contribution in [0.15, 0.2) is 72.0 Å². The van der Waals surface area contributed by atoms with E-state index in [0.717, 1.165) is 21.7 Å². The Kier molecular flexibility index (Phi) is 14.5. The van der Waals surface area contributed by atoms with Crippen molar-refractivity contribution < 1.29 is 42.1 Å². The Morgan fingerprint density at radius 2 is 1.57 bits per heavy atom. The monoisotopic (exact) mass is 702 g/mol. The van der Waals surface area contributed by atoms with Crippen molar-refractivity contribution in [2.45, 2.75) is 78.9 Å². The van der Waals surface area contributed by atoms with Crippen molar-refractivity contribution >= 4 is 27.9 Å². The molecule has 0 aliphatic carbocycles. The van der Waals surface area contributed by atoms with Gasteiger partial charge in [-0.25, -0.2) is 13.2 Å². The molecular formula is C35H50N4O9S. The SMILES string of the molecule is CCOC(=O)NCC(=O)NC(C(=O)NC(Cc1ccccc1)C(O)CN(CC(C)C)S(=O)(=O)C1=COC(Cc2ccccc2)O1)C(C)(C)C. The zero-order valence-electron chi connectivity index (χ0n) is 29.0. The largest absolute Gasteiger partial charge is 0.457 e. The Labute approximate surface area is 289 Å². The van der Waals surface area contributed by atoms with Crippen LogP contribution in [-0.4, -0.2) is 86.5 Å². The average molecular weight is 703 g/mol. The number of hydrogen-bond acceptors (Lipinski definition) is 9. The predicted octanol–water partition coefficient (Wildman–Crippen LogP) is 3.05. The van der Waals surface area contributed by atoms with Crippen LogP contribution >= 0.6 is 0 Å². The number of ether oxygens (including phenoxy) is 3. The van der Waals surface area contributed by atoms with Crippen LogP contribution in [0.4, 0.5) is 4.79 Å². The molecule has 4 N–H and O–H groups in total. The van der Waals surface area contributed by atoms with E-state index in [-0.39, 0.29) is 37.1 Å². The predicted molar refractivity (Wildman–Crippen MR) is 184 cm³/mol. The van der Waals surface area contributed by atoms with Gasteiger partial charge in [0.05, 0.1) is 18.8 Å². The lowest BCUT2D eigenvalue weighted by Crippen LogP contribution is -2.59. The van der Waals surface area contributed by atoms with E-state index in [2.05, 4.69) is 16.0 Å². The lowest BCUT2D eigenvalue weighted by atomic mass is 9.85. The van der Waals surface area contributed by atoms with Crippen LogP contribution in [0.25, 0.3) is 0 Å². The smallest absolute Gasteiger partial charge is 0.407 e. The highest BCUT2D eigenvalue weighted by Crippen LogP contribution is 2.27. The Morgan fingerprint density at radius 1 is 0.959 bits per heavy atom. The number of sulfonamides is 1. The maximum Gasteiger partial charge on any atom is 0.407 e. The first-order valence-corrected chi connectivity index (χ1v) is 17.8. The Hall–Kier alpha value is -4.14. The third-order valence-electron chi connectivity index (χ3n) is 7.56. The molecule has 4 atom stereocenters. The van der Waals surface area contributed by atoms with Crippen LogP contribution in [0.5, 0.6) is 0 Å². The van der Waals surface area contributed by atoms with Crippen LogP contribution in [0, 0.1) is 11.3 Å². The van der Waals surface area contributed by atoms with E-state index in [0.29, 0.717) is 6.42 Å². The van der Waals surface area contributed by atoms with E-state index in [1.807, 2.05) is 74.5 Å². The molecule has 1 aliphatic heterocycles. The summed E-state index contributed by atoms with van der Waals surface area (Å²) < 4.78 is 45.0. The van der Waals surface area contributed by atoms with Gasteiger partial charge in [0.15, 0.2) is 0 Å². The fourth-order valence-electron chi connectivity index (χ4n) is 5.11. The summed E-state index contributed by atoms with van der Waals surface area (Å²) in [4.78, 5) is 38.2. The molecule has 1 aliphatic rings. The number of nitrogens with one attached hydrogen (secondary N) is 3. The second kappa shape index (κ2) is 18.0. The van der Waals surface area contributed by atoms with Gasteiger partial charge in [-0.3, -0.25) is 9.59 Å². The summed E-state index contributed by atoms with van der Waals surface area (Å²) in [5, 5.41) is 19.2. The van der Waals surface area contributed by atoms with Crippen LogP contribution in [0.3, 0.4) is 0 Å². The van der Waals surface area contributed by atoms with E-state index in [1.165, 1.54) is 0 Å².